The summed E-state index contributed by atoms with van der Waals surface area (Å²) >= 11 is 0. The molecular weight excluding hydrogens is 428 g/mol. The molecule has 1 unspecified atom stereocenters. The second-order valence-corrected chi connectivity index (χ2v) is 8.75. The maximum absolute atomic E-state index is 14.1. The molecule has 1 aliphatic rings. The molecule has 3 rings (SSSR count). The van der Waals surface area contributed by atoms with Crippen LogP contribution in [0.15, 0.2) is 36.7 Å². The Balaban J connectivity index is 1.77. The summed E-state index contributed by atoms with van der Waals surface area (Å²) < 4.78 is 61.4. The van der Waals surface area contributed by atoms with E-state index >= 15 is 0 Å². The molecule has 1 aromatic heterocycles. The standard InChI is InChI=1S/C22H28F4N4O2/c1-20(2,17-13-16(23)5-6-18(17)32-3)14-21(31,22(24,25)26)15-29-9-11-30(12-10-29)19-27-7-4-8-28-19/h4-8,13,31H,9-12,14-15H2,1-3H3. The number of aromatic nitrogens is 2. The number of hydrogen-bond acceptors (Lipinski definition) is 6. The number of aliphatic hydroxyl groups is 1. The van der Waals surface area contributed by atoms with Crippen LogP contribution < -0.4 is 9.64 Å². The molecule has 0 spiro atoms. The third kappa shape index (κ3) is 5.29. The Bertz CT molecular complexity index is 903. The van der Waals surface area contributed by atoms with Gasteiger partial charge in [-0.25, -0.2) is 14.4 Å². The van der Waals surface area contributed by atoms with Crippen molar-refractivity contribution < 1.29 is 27.4 Å². The van der Waals surface area contributed by atoms with E-state index < -0.39 is 36.0 Å². The Morgan fingerprint density at radius 1 is 1.06 bits per heavy atom. The largest absolute Gasteiger partial charge is 0.496 e. The van der Waals surface area contributed by atoms with Crippen LogP contribution in [0.3, 0.4) is 0 Å². The Hall–Kier alpha value is -2.46. The van der Waals surface area contributed by atoms with Crippen LogP contribution >= 0.6 is 0 Å². The van der Waals surface area contributed by atoms with Crippen LogP contribution in [0.5, 0.6) is 5.75 Å². The maximum atomic E-state index is 14.1. The molecule has 1 aromatic carbocycles. The predicted molar refractivity (Wildman–Crippen MR) is 112 cm³/mol. The number of β-amino-alcohol motifs (C(OH)–C–C–N with tert-alkyl or cyclic N) is 1. The maximum Gasteiger partial charge on any atom is 0.418 e. The Labute approximate surface area is 184 Å². The van der Waals surface area contributed by atoms with Crippen LogP contribution in [0.2, 0.25) is 0 Å². The highest BCUT2D eigenvalue weighted by molar-refractivity contribution is 5.40. The van der Waals surface area contributed by atoms with Gasteiger partial charge in [-0.3, -0.25) is 4.90 Å². The van der Waals surface area contributed by atoms with Gasteiger partial charge in [0.25, 0.3) is 0 Å². The van der Waals surface area contributed by atoms with Gasteiger partial charge in [-0.15, -0.1) is 0 Å². The van der Waals surface area contributed by atoms with E-state index in [0.717, 1.165) is 6.07 Å². The van der Waals surface area contributed by atoms with Crippen LogP contribution in [0, 0.1) is 5.82 Å². The lowest BCUT2D eigenvalue weighted by Gasteiger charge is -2.43. The third-order valence-corrected chi connectivity index (χ3v) is 5.85. The lowest BCUT2D eigenvalue weighted by Crippen LogP contribution is -2.59. The van der Waals surface area contributed by atoms with Crippen LogP contribution in [0.4, 0.5) is 23.5 Å². The van der Waals surface area contributed by atoms with E-state index in [2.05, 4.69) is 9.97 Å². The van der Waals surface area contributed by atoms with Crippen molar-refractivity contribution in [3.05, 3.63) is 48.0 Å². The first-order valence-corrected chi connectivity index (χ1v) is 10.3. The highest BCUT2D eigenvalue weighted by atomic mass is 19.4. The number of methoxy groups -OCH3 is 1. The molecule has 0 radical (unpaired) electrons. The van der Waals surface area contributed by atoms with E-state index in [9.17, 15) is 22.7 Å². The van der Waals surface area contributed by atoms with Gasteiger partial charge in [0.2, 0.25) is 5.95 Å². The minimum absolute atomic E-state index is 0.272. The molecule has 0 amide bonds. The van der Waals surface area contributed by atoms with E-state index in [0.29, 0.717) is 32.1 Å². The quantitative estimate of drug-likeness (QED) is 0.645. The third-order valence-electron chi connectivity index (χ3n) is 5.85. The molecule has 10 heteroatoms. The van der Waals surface area contributed by atoms with Gasteiger partial charge in [0.15, 0.2) is 5.60 Å². The molecule has 1 fully saturated rings. The van der Waals surface area contributed by atoms with Crippen LogP contribution in [0.25, 0.3) is 0 Å². The Morgan fingerprint density at radius 3 is 2.25 bits per heavy atom. The molecule has 0 saturated carbocycles. The molecule has 6 nitrogen and oxygen atoms in total. The van der Waals surface area contributed by atoms with Crippen molar-refractivity contribution in [1.29, 1.82) is 0 Å². The zero-order chi connectivity index (χ0) is 23.6. The van der Waals surface area contributed by atoms with E-state index in [4.69, 9.17) is 4.74 Å². The first kappa shape index (κ1) is 24.2. The zero-order valence-electron chi connectivity index (χ0n) is 18.4. The molecule has 2 aromatic rings. The summed E-state index contributed by atoms with van der Waals surface area (Å²) in [7, 11) is 1.37. The van der Waals surface area contributed by atoms with Gasteiger partial charge >= 0.3 is 6.18 Å². The number of piperazine rings is 1. The van der Waals surface area contributed by atoms with Crippen molar-refractivity contribution in [2.24, 2.45) is 0 Å². The molecule has 176 valence electrons. The first-order chi connectivity index (χ1) is 14.9. The predicted octanol–water partition coefficient (Wildman–Crippen LogP) is 3.41. The number of halogens is 4. The number of hydrogen-bond donors (Lipinski definition) is 1. The van der Waals surface area contributed by atoms with Crippen molar-refractivity contribution in [3.63, 3.8) is 0 Å². The fourth-order valence-electron chi connectivity index (χ4n) is 4.21. The highest BCUT2D eigenvalue weighted by Crippen LogP contribution is 2.44. The smallest absolute Gasteiger partial charge is 0.418 e. The van der Waals surface area contributed by atoms with Gasteiger partial charge in [0.1, 0.15) is 11.6 Å². The number of ether oxygens (including phenoxy) is 1. The minimum atomic E-state index is -4.87. The number of rotatable bonds is 7. The molecule has 0 aliphatic carbocycles. The van der Waals surface area contributed by atoms with Crippen molar-refractivity contribution in [3.8, 4) is 5.75 Å². The van der Waals surface area contributed by atoms with E-state index in [1.165, 1.54) is 19.2 Å². The summed E-state index contributed by atoms with van der Waals surface area (Å²) in [5.41, 5.74) is -3.93. The molecule has 1 N–H and O–H groups in total. The number of benzene rings is 1. The number of anilines is 1. The molecule has 1 saturated heterocycles. The molecule has 0 bridgehead atoms. The van der Waals surface area contributed by atoms with Crippen LogP contribution in [-0.2, 0) is 5.41 Å². The summed E-state index contributed by atoms with van der Waals surface area (Å²) in [6.45, 7) is 4.04. The topological polar surface area (TPSA) is 61.7 Å². The fraction of sp³-hybridized carbons (Fsp3) is 0.545. The van der Waals surface area contributed by atoms with Gasteiger partial charge < -0.3 is 14.7 Å². The Kier molecular flexibility index (Phi) is 6.94. The SMILES string of the molecule is COc1ccc(F)cc1C(C)(C)CC(O)(CN1CCN(c2ncccn2)CC1)C(F)(F)F. The van der Waals surface area contributed by atoms with E-state index in [1.54, 1.807) is 37.2 Å². The van der Waals surface area contributed by atoms with Gasteiger partial charge in [0, 0.05) is 50.7 Å². The summed E-state index contributed by atoms with van der Waals surface area (Å²) in [4.78, 5) is 11.8. The molecule has 1 atom stereocenters. The normalized spacial score (nSPS) is 17.8. The number of alkyl halides is 3. The molecular formula is C22H28F4N4O2. The molecule has 2 heterocycles. The highest BCUT2D eigenvalue weighted by Gasteiger charge is 2.57. The van der Waals surface area contributed by atoms with E-state index in [-0.39, 0.29) is 11.3 Å². The first-order valence-electron chi connectivity index (χ1n) is 10.3. The zero-order valence-corrected chi connectivity index (χ0v) is 18.4. The minimum Gasteiger partial charge on any atom is -0.496 e. The fourth-order valence-corrected chi connectivity index (χ4v) is 4.21. The second kappa shape index (κ2) is 9.19. The summed E-state index contributed by atoms with van der Waals surface area (Å²) in [6.07, 6.45) is -2.30. The summed E-state index contributed by atoms with van der Waals surface area (Å²) in [5, 5.41) is 10.9. The van der Waals surface area contributed by atoms with Crippen molar-refractivity contribution >= 4 is 5.95 Å². The monoisotopic (exact) mass is 456 g/mol. The van der Waals surface area contributed by atoms with Crippen molar-refractivity contribution in [2.75, 3.05) is 44.7 Å². The van der Waals surface area contributed by atoms with Gasteiger partial charge in [-0.2, -0.15) is 13.2 Å². The lowest BCUT2D eigenvalue weighted by molar-refractivity contribution is -0.271. The van der Waals surface area contributed by atoms with E-state index in [1.807, 2.05) is 4.90 Å². The van der Waals surface area contributed by atoms with Gasteiger partial charge in [0.05, 0.1) is 7.11 Å². The lowest BCUT2D eigenvalue weighted by atomic mass is 9.74. The van der Waals surface area contributed by atoms with Gasteiger partial charge in [-0.05, 0) is 36.1 Å². The van der Waals surface area contributed by atoms with Crippen molar-refractivity contribution in [2.45, 2.75) is 37.5 Å². The van der Waals surface area contributed by atoms with Crippen molar-refractivity contribution in [1.82, 2.24) is 14.9 Å². The number of nitrogens with zero attached hydrogens (tertiary/aromatic N) is 4. The average Bonchev–Trinajstić information content (AvgIpc) is 2.73. The van der Waals surface area contributed by atoms with Crippen LogP contribution in [0.1, 0.15) is 25.8 Å². The summed E-state index contributed by atoms with van der Waals surface area (Å²) in [6, 6.07) is 5.42. The van der Waals surface area contributed by atoms with Crippen LogP contribution in [-0.4, -0.2) is 71.6 Å². The molecule has 32 heavy (non-hydrogen) atoms. The molecule has 1 aliphatic heterocycles. The second-order valence-electron chi connectivity index (χ2n) is 8.75. The average molecular weight is 456 g/mol. The Morgan fingerprint density at radius 2 is 1.69 bits per heavy atom. The summed E-state index contributed by atoms with van der Waals surface area (Å²) in [5.74, 6) is 0.221. The van der Waals surface area contributed by atoms with Gasteiger partial charge in [-0.1, -0.05) is 13.8 Å².